The number of aldehydes is 1. The minimum absolute atomic E-state index is 0.344. The van der Waals surface area contributed by atoms with E-state index in [1.165, 1.54) is 0 Å². The largest absolute Gasteiger partial charge is 0.303 e. The average Bonchev–Trinajstić information content (AvgIpc) is 2.46. The van der Waals surface area contributed by atoms with E-state index in [0.29, 0.717) is 6.42 Å². The van der Waals surface area contributed by atoms with Crippen molar-refractivity contribution in [2.45, 2.75) is 6.42 Å². The minimum Gasteiger partial charge on any atom is -0.303 e. The van der Waals surface area contributed by atoms with E-state index in [2.05, 4.69) is 20.9 Å². The molecule has 0 aromatic carbocycles. The van der Waals surface area contributed by atoms with Crippen molar-refractivity contribution >= 4 is 27.7 Å². The van der Waals surface area contributed by atoms with Gasteiger partial charge in [-0.2, -0.15) is 0 Å². The van der Waals surface area contributed by atoms with Crippen molar-refractivity contribution in [1.29, 1.82) is 0 Å². The molecule has 0 amide bonds. The lowest BCUT2D eigenvalue weighted by Gasteiger charge is -1.94. The number of hydrogen-bond donors (Lipinski definition) is 0. The van der Waals surface area contributed by atoms with Crippen molar-refractivity contribution in [3.05, 3.63) is 34.8 Å². The van der Waals surface area contributed by atoms with E-state index in [1.807, 2.05) is 28.8 Å². The number of carbonyl (C=O) groups is 1. The van der Waals surface area contributed by atoms with Crippen molar-refractivity contribution in [2.24, 2.45) is 0 Å². The predicted molar refractivity (Wildman–Crippen MR) is 52.7 cm³/mol. The molecule has 0 unspecified atom stereocenters. The molecule has 0 saturated heterocycles. The fourth-order valence-electron chi connectivity index (χ4n) is 1.28. The first-order valence-electron chi connectivity index (χ1n) is 3.88. The number of rotatable bonds is 2. The lowest BCUT2D eigenvalue weighted by atomic mass is 10.4. The van der Waals surface area contributed by atoms with Crippen LogP contribution < -0.4 is 0 Å². The average molecular weight is 239 g/mol. The van der Waals surface area contributed by atoms with E-state index < -0.39 is 0 Å². The molecule has 0 aliphatic rings. The van der Waals surface area contributed by atoms with Gasteiger partial charge < -0.3 is 9.20 Å². The SMILES string of the molecule is O=CCc1nc(Br)c2ccccn12. The topological polar surface area (TPSA) is 34.4 Å². The molecular weight excluding hydrogens is 232 g/mol. The molecule has 0 saturated carbocycles. The summed E-state index contributed by atoms with van der Waals surface area (Å²) in [5, 5.41) is 0. The summed E-state index contributed by atoms with van der Waals surface area (Å²) in [6.07, 6.45) is 3.09. The number of nitrogens with zero attached hydrogens (tertiary/aromatic N) is 2. The molecule has 13 heavy (non-hydrogen) atoms. The maximum Gasteiger partial charge on any atom is 0.132 e. The second-order valence-electron chi connectivity index (χ2n) is 2.65. The Morgan fingerprint density at radius 1 is 1.54 bits per heavy atom. The van der Waals surface area contributed by atoms with E-state index in [4.69, 9.17) is 0 Å². The third-order valence-corrected chi connectivity index (χ3v) is 2.43. The molecule has 4 heteroatoms. The number of hydrogen-bond acceptors (Lipinski definition) is 2. The van der Waals surface area contributed by atoms with Gasteiger partial charge in [0.15, 0.2) is 0 Å². The van der Waals surface area contributed by atoms with Crippen LogP contribution in [0.3, 0.4) is 0 Å². The van der Waals surface area contributed by atoms with Crippen LogP contribution in [0.1, 0.15) is 5.82 Å². The van der Waals surface area contributed by atoms with Crippen LogP contribution in [0.25, 0.3) is 5.52 Å². The molecule has 3 nitrogen and oxygen atoms in total. The first-order chi connectivity index (χ1) is 6.33. The molecule has 0 fully saturated rings. The lowest BCUT2D eigenvalue weighted by Crippen LogP contribution is -1.94. The molecule has 2 heterocycles. The van der Waals surface area contributed by atoms with Gasteiger partial charge in [-0.1, -0.05) is 6.07 Å². The lowest BCUT2D eigenvalue weighted by molar-refractivity contribution is -0.107. The Morgan fingerprint density at radius 2 is 2.38 bits per heavy atom. The molecular formula is C9H7BrN2O. The highest BCUT2D eigenvalue weighted by Gasteiger charge is 2.06. The summed E-state index contributed by atoms with van der Waals surface area (Å²) in [7, 11) is 0. The normalized spacial score (nSPS) is 10.5. The predicted octanol–water partition coefficient (Wildman–Crippen LogP) is 1.84. The third-order valence-electron chi connectivity index (χ3n) is 1.84. The van der Waals surface area contributed by atoms with Gasteiger partial charge in [0.05, 0.1) is 11.9 Å². The Hall–Kier alpha value is -1.16. The molecule has 2 rings (SSSR count). The maximum atomic E-state index is 10.4. The monoisotopic (exact) mass is 238 g/mol. The van der Waals surface area contributed by atoms with Gasteiger partial charge in [-0.3, -0.25) is 0 Å². The summed E-state index contributed by atoms with van der Waals surface area (Å²) in [4.78, 5) is 14.6. The highest BCUT2D eigenvalue weighted by atomic mass is 79.9. The Kier molecular flexibility index (Phi) is 2.14. The molecule has 2 aromatic heterocycles. The zero-order chi connectivity index (χ0) is 9.26. The zero-order valence-electron chi connectivity index (χ0n) is 6.77. The summed E-state index contributed by atoms with van der Waals surface area (Å²) in [5.74, 6) is 0.762. The van der Waals surface area contributed by atoms with Gasteiger partial charge >= 0.3 is 0 Å². The fourth-order valence-corrected chi connectivity index (χ4v) is 1.81. The molecule has 0 aliphatic heterocycles. The number of carbonyl (C=O) groups excluding carboxylic acids is 1. The molecule has 0 atom stereocenters. The van der Waals surface area contributed by atoms with E-state index in [1.54, 1.807) is 0 Å². The van der Waals surface area contributed by atoms with Gasteiger partial charge in [0.2, 0.25) is 0 Å². The minimum atomic E-state index is 0.344. The maximum absolute atomic E-state index is 10.4. The number of aromatic nitrogens is 2. The number of pyridine rings is 1. The molecule has 0 N–H and O–H groups in total. The van der Waals surface area contributed by atoms with Crippen molar-refractivity contribution in [3.8, 4) is 0 Å². The van der Waals surface area contributed by atoms with Crippen LogP contribution in [0.4, 0.5) is 0 Å². The van der Waals surface area contributed by atoms with Gasteiger partial charge in [-0.15, -0.1) is 0 Å². The second kappa shape index (κ2) is 3.30. The zero-order valence-corrected chi connectivity index (χ0v) is 8.36. The standard InChI is InChI=1S/C9H7BrN2O/c10-9-7-3-1-2-5-12(7)8(11-9)4-6-13/h1-3,5-6H,4H2. The molecule has 0 radical (unpaired) electrons. The fraction of sp³-hybridized carbons (Fsp3) is 0.111. The van der Waals surface area contributed by atoms with Crippen molar-refractivity contribution < 1.29 is 4.79 Å². The first-order valence-corrected chi connectivity index (χ1v) is 4.67. The summed E-state index contributed by atoms with van der Waals surface area (Å²) in [6.45, 7) is 0. The van der Waals surface area contributed by atoms with E-state index >= 15 is 0 Å². The summed E-state index contributed by atoms with van der Waals surface area (Å²) in [6, 6.07) is 5.80. The Bertz CT molecular complexity index is 450. The van der Waals surface area contributed by atoms with Gasteiger partial charge in [0, 0.05) is 6.20 Å². The summed E-state index contributed by atoms with van der Waals surface area (Å²) < 4.78 is 2.68. The molecule has 66 valence electrons. The van der Waals surface area contributed by atoms with E-state index in [-0.39, 0.29) is 0 Å². The van der Waals surface area contributed by atoms with E-state index in [9.17, 15) is 4.79 Å². The van der Waals surface area contributed by atoms with Crippen molar-refractivity contribution in [1.82, 2.24) is 9.38 Å². The van der Waals surface area contributed by atoms with Crippen molar-refractivity contribution in [2.75, 3.05) is 0 Å². The summed E-state index contributed by atoms with van der Waals surface area (Å²) >= 11 is 3.34. The number of imidazole rings is 1. The highest BCUT2D eigenvalue weighted by molar-refractivity contribution is 9.10. The molecule has 0 bridgehead atoms. The van der Waals surface area contributed by atoms with Gasteiger partial charge in [-0.05, 0) is 28.1 Å². The van der Waals surface area contributed by atoms with Crippen LogP contribution >= 0.6 is 15.9 Å². The quantitative estimate of drug-likeness (QED) is 0.749. The van der Waals surface area contributed by atoms with E-state index in [0.717, 1.165) is 22.2 Å². The van der Waals surface area contributed by atoms with Gasteiger partial charge in [-0.25, -0.2) is 4.98 Å². The Morgan fingerprint density at radius 3 is 3.15 bits per heavy atom. The first kappa shape index (κ1) is 8.44. The van der Waals surface area contributed by atoms with Crippen molar-refractivity contribution in [3.63, 3.8) is 0 Å². The van der Waals surface area contributed by atoms with Gasteiger partial charge in [0.25, 0.3) is 0 Å². The van der Waals surface area contributed by atoms with Crippen LogP contribution in [0.2, 0.25) is 0 Å². The molecule has 2 aromatic rings. The Balaban J connectivity index is 2.70. The number of fused-ring (bicyclic) bond motifs is 1. The van der Waals surface area contributed by atoms with Crippen LogP contribution in [-0.4, -0.2) is 15.7 Å². The number of halogens is 1. The molecule has 0 aliphatic carbocycles. The van der Waals surface area contributed by atoms with Crippen LogP contribution in [0, 0.1) is 0 Å². The van der Waals surface area contributed by atoms with Crippen LogP contribution in [0.15, 0.2) is 29.0 Å². The highest BCUT2D eigenvalue weighted by Crippen LogP contribution is 2.18. The smallest absolute Gasteiger partial charge is 0.132 e. The summed E-state index contributed by atoms with van der Waals surface area (Å²) in [5.41, 5.74) is 0.986. The Labute approximate surface area is 83.5 Å². The second-order valence-corrected chi connectivity index (χ2v) is 3.40. The molecule has 0 spiro atoms. The third kappa shape index (κ3) is 1.37. The van der Waals surface area contributed by atoms with Crippen LogP contribution in [0.5, 0.6) is 0 Å². The van der Waals surface area contributed by atoms with Gasteiger partial charge in [0.1, 0.15) is 16.7 Å². The van der Waals surface area contributed by atoms with Crippen LogP contribution in [-0.2, 0) is 11.2 Å².